The molecule has 0 aromatic heterocycles. The maximum absolute atomic E-state index is 13.1. The van der Waals surface area contributed by atoms with Crippen molar-refractivity contribution in [1.29, 1.82) is 0 Å². The summed E-state index contributed by atoms with van der Waals surface area (Å²) in [4.78, 5) is 2.57. The van der Waals surface area contributed by atoms with Crippen LogP contribution in [0, 0.1) is 11.7 Å². The van der Waals surface area contributed by atoms with Crippen LogP contribution in [0.3, 0.4) is 0 Å². The molecule has 2 nitrogen and oxygen atoms in total. The van der Waals surface area contributed by atoms with E-state index >= 15 is 0 Å². The summed E-state index contributed by atoms with van der Waals surface area (Å²) in [6.07, 6.45) is 5.40. The molecule has 2 fully saturated rings. The van der Waals surface area contributed by atoms with E-state index in [9.17, 15) is 4.39 Å². The summed E-state index contributed by atoms with van der Waals surface area (Å²) in [5.74, 6) is 0.652. The van der Waals surface area contributed by atoms with Gasteiger partial charge in [0.1, 0.15) is 5.82 Å². The monoisotopic (exact) mass is 262 g/mol. The van der Waals surface area contributed by atoms with Gasteiger partial charge in [-0.05, 0) is 62.9 Å². The van der Waals surface area contributed by atoms with Crippen molar-refractivity contribution in [3.05, 3.63) is 35.6 Å². The Kier molecular flexibility index (Phi) is 3.85. The molecule has 1 N–H and O–H groups in total. The predicted octanol–water partition coefficient (Wildman–Crippen LogP) is 2.79. The highest BCUT2D eigenvalue weighted by Crippen LogP contribution is 2.36. The molecule has 2 aliphatic rings. The first-order chi connectivity index (χ1) is 9.22. The summed E-state index contributed by atoms with van der Waals surface area (Å²) in [7, 11) is 2.28. The fourth-order valence-electron chi connectivity index (χ4n) is 3.76. The molecule has 2 aliphatic heterocycles. The van der Waals surface area contributed by atoms with Gasteiger partial charge in [0.25, 0.3) is 0 Å². The Morgan fingerprint density at radius 3 is 2.68 bits per heavy atom. The van der Waals surface area contributed by atoms with Crippen molar-refractivity contribution in [3.8, 4) is 0 Å². The molecular formula is C16H23FN2. The Hall–Kier alpha value is -0.930. The van der Waals surface area contributed by atoms with Gasteiger partial charge in [-0.3, -0.25) is 0 Å². The topological polar surface area (TPSA) is 15.3 Å². The zero-order chi connectivity index (χ0) is 13.2. The van der Waals surface area contributed by atoms with Crippen LogP contribution in [0.1, 0.15) is 31.2 Å². The van der Waals surface area contributed by atoms with Crippen molar-refractivity contribution < 1.29 is 4.39 Å². The maximum Gasteiger partial charge on any atom is 0.123 e. The van der Waals surface area contributed by atoms with Crippen LogP contribution >= 0.6 is 0 Å². The van der Waals surface area contributed by atoms with E-state index in [4.69, 9.17) is 0 Å². The molecule has 2 saturated heterocycles. The Morgan fingerprint density at radius 2 is 2.00 bits per heavy atom. The Morgan fingerprint density at radius 1 is 1.26 bits per heavy atom. The molecule has 2 atom stereocenters. The van der Waals surface area contributed by atoms with Gasteiger partial charge in [-0.1, -0.05) is 12.1 Å². The van der Waals surface area contributed by atoms with Crippen LogP contribution < -0.4 is 5.32 Å². The van der Waals surface area contributed by atoms with E-state index in [0.29, 0.717) is 0 Å². The van der Waals surface area contributed by atoms with Gasteiger partial charge in [0.2, 0.25) is 0 Å². The fraction of sp³-hybridized carbons (Fsp3) is 0.625. The third-order valence-electron chi connectivity index (χ3n) is 4.85. The van der Waals surface area contributed by atoms with Gasteiger partial charge in [0, 0.05) is 18.6 Å². The van der Waals surface area contributed by atoms with Crippen molar-refractivity contribution in [2.45, 2.75) is 44.3 Å². The number of benzene rings is 1. The van der Waals surface area contributed by atoms with Gasteiger partial charge in [-0.25, -0.2) is 4.39 Å². The average molecular weight is 262 g/mol. The number of nitrogens with one attached hydrogen (secondary N) is 1. The highest BCUT2D eigenvalue weighted by molar-refractivity contribution is 5.15. The van der Waals surface area contributed by atoms with Crippen LogP contribution in [0.25, 0.3) is 0 Å². The van der Waals surface area contributed by atoms with Crippen molar-refractivity contribution in [2.75, 3.05) is 13.6 Å². The second-order valence-corrected chi connectivity index (χ2v) is 6.15. The summed E-state index contributed by atoms with van der Waals surface area (Å²) < 4.78 is 13.1. The van der Waals surface area contributed by atoms with Crippen molar-refractivity contribution in [1.82, 2.24) is 10.2 Å². The lowest BCUT2D eigenvalue weighted by molar-refractivity contribution is 0.133. The Balaban J connectivity index is 1.46. The summed E-state index contributed by atoms with van der Waals surface area (Å²) >= 11 is 0. The minimum atomic E-state index is -0.142. The van der Waals surface area contributed by atoms with Gasteiger partial charge in [-0.2, -0.15) is 0 Å². The smallest absolute Gasteiger partial charge is 0.123 e. The average Bonchev–Trinajstić information content (AvgIpc) is 2.63. The summed E-state index contributed by atoms with van der Waals surface area (Å²) in [6.45, 7) is 1.84. The normalized spacial score (nSPS) is 30.7. The minimum absolute atomic E-state index is 0.142. The lowest BCUT2D eigenvalue weighted by Crippen LogP contribution is -2.42. The second-order valence-electron chi connectivity index (χ2n) is 6.15. The zero-order valence-electron chi connectivity index (χ0n) is 11.6. The third kappa shape index (κ3) is 2.98. The van der Waals surface area contributed by atoms with Crippen LogP contribution in [0.2, 0.25) is 0 Å². The third-order valence-corrected chi connectivity index (χ3v) is 4.85. The number of rotatable bonds is 4. The van der Waals surface area contributed by atoms with Gasteiger partial charge >= 0.3 is 0 Å². The number of nitrogens with zero attached hydrogens (tertiary/aromatic N) is 1. The van der Waals surface area contributed by atoms with Gasteiger partial charge in [0.05, 0.1) is 0 Å². The molecule has 1 aromatic carbocycles. The molecule has 0 spiro atoms. The van der Waals surface area contributed by atoms with E-state index in [-0.39, 0.29) is 5.82 Å². The molecule has 0 saturated carbocycles. The van der Waals surface area contributed by atoms with Crippen LogP contribution in [0.4, 0.5) is 4.39 Å². The van der Waals surface area contributed by atoms with Crippen LogP contribution in [0.15, 0.2) is 24.3 Å². The van der Waals surface area contributed by atoms with Crippen LogP contribution in [0.5, 0.6) is 0 Å². The van der Waals surface area contributed by atoms with E-state index < -0.39 is 0 Å². The number of piperidine rings is 1. The summed E-state index contributed by atoms with van der Waals surface area (Å²) in [5.41, 5.74) is 1.04. The quantitative estimate of drug-likeness (QED) is 0.897. The largest absolute Gasteiger partial charge is 0.312 e. The number of halogens is 1. The molecule has 3 rings (SSSR count). The molecule has 2 bridgehead atoms. The van der Waals surface area contributed by atoms with Gasteiger partial charge < -0.3 is 10.2 Å². The molecule has 2 heterocycles. The zero-order valence-corrected chi connectivity index (χ0v) is 11.6. The van der Waals surface area contributed by atoms with Gasteiger partial charge in [-0.15, -0.1) is 0 Å². The predicted molar refractivity (Wildman–Crippen MR) is 75.4 cm³/mol. The number of hydrogen-bond donors (Lipinski definition) is 1. The highest BCUT2D eigenvalue weighted by atomic mass is 19.1. The molecular weight excluding hydrogens is 239 g/mol. The molecule has 1 aromatic rings. The Labute approximate surface area is 115 Å². The van der Waals surface area contributed by atoms with Crippen molar-refractivity contribution in [2.24, 2.45) is 5.92 Å². The van der Waals surface area contributed by atoms with Crippen LogP contribution in [-0.2, 0) is 6.54 Å². The molecule has 0 amide bonds. The fourth-order valence-corrected chi connectivity index (χ4v) is 3.76. The first-order valence-corrected chi connectivity index (χ1v) is 7.39. The first kappa shape index (κ1) is 13.1. The molecule has 3 heteroatoms. The number of fused-ring (bicyclic) bond motifs is 2. The molecule has 2 unspecified atom stereocenters. The van der Waals surface area contributed by atoms with Crippen molar-refractivity contribution >= 4 is 0 Å². The lowest BCUT2D eigenvalue weighted by Gasteiger charge is -2.36. The molecule has 0 radical (unpaired) electrons. The van der Waals surface area contributed by atoms with Crippen molar-refractivity contribution in [3.63, 3.8) is 0 Å². The van der Waals surface area contributed by atoms with E-state index in [1.807, 2.05) is 6.07 Å². The SMILES string of the molecule is CN1C2CCC1CC(CNCc1cccc(F)c1)C2. The number of hydrogen-bond acceptors (Lipinski definition) is 2. The maximum atomic E-state index is 13.1. The Bertz CT molecular complexity index is 421. The molecule has 104 valence electrons. The molecule has 19 heavy (non-hydrogen) atoms. The second kappa shape index (κ2) is 5.59. The van der Waals surface area contributed by atoms with Crippen LogP contribution in [-0.4, -0.2) is 30.6 Å². The first-order valence-electron chi connectivity index (χ1n) is 7.39. The van der Waals surface area contributed by atoms with E-state index in [0.717, 1.165) is 36.7 Å². The van der Waals surface area contributed by atoms with E-state index in [1.165, 1.54) is 31.7 Å². The molecule has 0 aliphatic carbocycles. The summed E-state index contributed by atoms with van der Waals surface area (Å²) in [5, 5.41) is 3.50. The minimum Gasteiger partial charge on any atom is -0.312 e. The van der Waals surface area contributed by atoms with E-state index in [2.05, 4.69) is 17.3 Å². The van der Waals surface area contributed by atoms with E-state index in [1.54, 1.807) is 12.1 Å². The lowest BCUT2D eigenvalue weighted by atomic mass is 9.91. The van der Waals surface area contributed by atoms with Gasteiger partial charge in [0.15, 0.2) is 0 Å². The summed E-state index contributed by atoms with van der Waals surface area (Å²) in [6, 6.07) is 8.49. The standard InChI is InChI=1S/C16H23FN2/c1-19-15-5-6-16(19)9-13(8-15)11-18-10-12-3-2-4-14(17)7-12/h2-4,7,13,15-16,18H,5-6,8-11H2,1H3. The highest BCUT2D eigenvalue weighted by Gasteiger charge is 2.37.